The first-order valence-corrected chi connectivity index (χ1v) is 6.16. The van der Waals surface area contributed by atoms with Crippen molar-refractivity contribution in [3.8, 4) is 0 Å². The fourth-order valence-electron chi connectivity index (χ4n) is 1.28. The van der Waals surface area contributed by atoms with Crippen LogP contribution in [0, 0.1) is 0 Å². The first kappa shape index (κ1) is 14.2. The van der Waals surface area contributed by atoms with Gasteiger partial charge in [0.2, 0.25) is 0 Å². The first-order chi connectivity index (χ1) is 7.43. The molecule has 0 unspecified atom stereocenters. The zero-order valence-corrected chi connectivity index (χ0v) is 10.2. The molecule has 4 nitrogen and oxygen atoms in total. The molecule has 0 saturated heterocycles. The topological polar surface area (TPSA) is 62.4 Å². The molecule has 1 aliphatic heterocycles. The van der Waals surface area contributed by atoms with Crippen LogP contribution in [0.4, 0.5) is 0 Å². The minimum absolute atomic E-state index is 0.779. The van der Waals surface area contributed by atoms with Gasteiger partial charge in [0.05, 0.1) is 0 Å². The maximum absolute atomic E-state index is 5.40. The molecule has 1 heterocycles. The Kier molecular flexibility index (Phi) is 10.7. The summed E-state index contributed by atoms with van der Waals surface area (Å²) in [4.78, 5) is 4.38. The van der Waals surface area contributed by atoms with E-state index in [2.05, 4.69) is 15.6 Å². The third-order valence-corrected chi connectivity index (χ3v) is 2.07. The summed E-state index contributed by atoms with van der Waals surface area (Å²) < 4.78 is 0. The number of guanidine groups is 1. The van der Waals surface area contributed by atoms with E-state index in [0.717, 1.165) is 45.0 Å². The Morgan fingerprint density at radius 2 is 2.13 bits per heavy atom. The summed E-state index contributed by atoms with van der Waals surface area (Å²) in [5.74, 6) is 0.967. The molecule has 4 heteroatoms. The number of nitrogens with two attached hydrogens (primary N) is 1. The lowest BCUT2D eigenvalue weighted by Gasteiger charge is -2.09. The number of unbranched alkanes of at least 4 members (excludes halogenated alkanes) is 1. The fourth-order valence-corrected chi connectivity index (χ4v) is 1.28. The van der Waals surface area contributed by atoms with Gasteiger partial charge in [-0.25, -0.2) is 0 Å². The molecule has 0 radical (unpaired) electrons. The number of hydrogen-bond donors (Lipinski definition) is 3. The van der Waals surface area contributed by atoms with Gasteiger partial charge >= 0.3 is 0 Å². The summed E-state index contributed by atoms with van der Waals surface area (Å²) in [5, 5.41) is 6.55. The number of nitrogens with one attached hydrogen (secondary N) is 2. The third kappa shape index (κ3) is 8.24. The molecule has 0 saturated carbocycles. The van der Waals surface area contributed by atoms with Gasteiger partial charge in [0.15, 0.2) is 5.96 Å². The van der Waals surface area contributed by atoms with Crippen LogP contribution in [0.25, 0.3) is 0 Å². The van der Waals surface area contributed by atoms with Crippen LogP contribution in [0.5, 0.6) is 0 Å². The van der Waals surface area contributed by atoms with Crippen molar-refractivity contribution in [1.82, 2.24) is 10.6 Å². The Balaban J connectivity index is 0.000000921. The van der Waals surface area contributed by atoms with Crippen molar-refractivity contribution in [1.29, 1.82) is 0 Å². The predicted octanol–water partition coefficient (Wildman–Crippen LogP) is 1.08. The molecule has 0 spiro atoms. The monoisotopic (exact) mass is 214 g/mol. The van der Waals surface area contributed by atoms with Crippen molar-refractivity contribution in [3.05, 3.63) is 0 Å². The zero-order chi connectivity index (χ0) is 11.4. The second-order valence-electron chi connectivity index (χ2n) is 3.29. The molecule has 0 bridgehead atoms. The molecule has 0 aliphatic carbocycles. The van der Waals surface area contributed by atoms with Gasteiger partial charge in [-0.3, -0.25) is 4.99 Å². The second kappa shape index (κ2) is 11.3. The number of nitrogens with zero attached hydrogens (tertiary/aromatic N) is 1. The highest BCUT2D eigenvalue weighted by molar-refractivity contribution is 5.79. The summed E-state index contributed by atoms with van der Waals surface area (Å²) in [6, 6.07) is 0. The summed E-state index contributed by atoms with van der Waals surface area (Å²) >= 11 is 0. The minimum Gasteiger partial charge on any atom is -0.356 e. The van der Waals surface area contributed by atoms with Gasteiger partial charge in [-0.1, -0.05) is 13.8 Å². The highest BCUT2D eigenvalue weighted by Gasteiger charge is 2.00. The van der Waals surface area contributed by atoms with Crippen molar-refractivity contribution in [3.63, 3.8) is 0 Å². The van der Waals surface area contributed by atoms with E-state index in [1.165, 1.54) is 12.8 Å². The van der Waals surface area contributed by atoms with Crippen LogP contribution in [0.2, 0.25) is 0 Å². The molecular formula is C11H26N4. The van der Waals surface area contributed by atoms with E-state index in [0.29, 0.717) is 0 Å². The number of aliphatic imine (C=N–C) groups is 1. The molecular weight excluding hydrogens is 188 g/mol. The van der Waals surface area contributed by atoms with Gasteiger partial charge in [0, 0.05) is 19.6 Å². The first-order valence-electron chi connectivity index (χ1n) is 6.16. The van der Waals surface area contributed by atoms with Crippen LogP contribution < -0.4 is 16.4 Å². The van der Waals surface area contributed by atoms with Gasteiger partial charge in [-0.05, 0) is 32.2 Å². The van der Waals surface area contributed by atoms with Crippen molar-refractivity contribution in [2.75, 3.05) is 26.2 Å². The molecule has 0 atom stereocenters. The average Bonchev–Trinajstić information content (AvgIpc) is 2.56. The smallest absolute Gasteiger partial charge is 0.191 e. The predicted molar refractivity (Wildman–Crippen MR) is 67.2 cm³/mol. The van der Waals surface area contributed by atoms with Crippen LogP contribution in [-0.4, -0.2) is 32.1 Å². The lowest BCUT2D eigenvalue weighted by atomic mass is 10.3. The molecule has 0 amide bonds. The number of hydrogen-bond acceptors (Lipinski definition) is 4. The molecule has 0 aromatic rings. The SMILES string of the molecule is CC.NCCCCNC1=NCCCCN1. The molecule has 0 aromatic carbocycles. The van der Waals surface area contributed by atoms with Gasteiger partial charge in [0.1, 0.15) is 0 Å². The van der Waals surface area contributed by atoms with Gasteiger partial charge in [-0.15, -0.1) is 0 Å². The van der Waals surface area contributed by atoms with E-state index in [4.69, 9.17) is 5.73 Å². The normalized spacial score (nSPS) is 15.3. The summed E-state index contributed by atoms with van der Waals surface area (Å²) in [5.41, 5.74) is 5.40. The standard InChI is InChI=1S/C9H20N4.C2H6/c10-5-1-2-6-11-9-12-7-3-4-8-13-9;1-2/h1-8,10H2,(H2,11,12,13);1-2H3. The molecule has 0 fully saturated rings. The summed E-state index contributed by atoms with van der Waals surface area (Å²) in [6.07, 6.45) is 4.62. The average molecular weight is 214 g/mol. The lowest BCUT2D eigenvalue weighted by molar-refractivity contribution is 0.700. The van der Waals surface area contributed by atoms with Gasteiger partial charge < -0.3 is 16.4 Å². The highest BCUT2D eigenvalue weighted by Crippen LogP contribution is 1.92. The molecule has 4 N–H and O–H groups in total. The van der Waals surface area contributed by atoms with E-state index in [1.54, 1.807) is 0 Å². The minimum atomic E-state index is 0.779. The Hall–Kier alpha value is -0.770. The Labute approximate surface area is 93.7 Å². The van der Waals surface area contributed by atoms with E-state index >= 15 is 0 Å². The molecule has 1 rings (SSSR count). The van der Waals surface area contributed by atoms with E-state index in [1.807, 2.05) is 13.8 Å². The van der Waals surface area contributed by atoms with Gasteiger partial charge in [0.25, 0.3) is 0 Å². The van der Waals surface area contributed by atoms with Gasteiger partial charge in [-0.2, -0.15) is 0 Å². The largest absolute Gasteiger partial charge is 0.356 e. The van der Waals surface area contributed by atoms with Crippen LogP contribution in [0.3, 0.4) is 0 Å². The molecule has 0 aromatic heterocycles. The summed E-state index contributed by atoms with van der Waals surface area (Å²) in [7, 11) is 0. The highest BCUT2D eigenvalue weighted by atomic mass is 15.2. The van der Waals surface area contributed by atoms with E-state index in [9.17, 15) is 0 Å². The van der Waals surface area contributed by atoms with Crippen LogP contribution >= 0.6 is 0 Å². The van der Waals surface area contributed by atoms with Crippen LogP contribution in [0.1, 0.15) is 39.5 Å². The Morgan fingerprint density at radius 1 is 1.33 bits per heavy atom. The van der Waals surface area contributed by atoms with Crippen LogP contribution in [-0.2, 0) is 0 Å². The molecule has 90 valence electrons. The fraction of sp³-hybridized carbons (Fsp3) is 0.909. The van der Waals surface area contributed by atoms with E-state index < -0.39 is 0 Å². The number of rotatable bonds is 4. The lowest BCUT2D eigenvalue weighted by Crippen LogP contribution is -2.37. The van der Waals surface area contributed by atoms with Crippen molar-refractivity contribution in [2.24, 2.45) is 10.7 Å². The van der Waals surface area contributed by atoms with Crippen LogP contribution in [0.15, 0.2) is 4.99 Å². The van der Waals surface area contributed by atoms with Crippen molar-refractivity contribution < 1.29 is 0 Å². The van der Waals surface area contributed by atoms with Crippen molar-refractivity contribution in [2.45, 2.75) is 39.5 Å². The summed E-state index contributed by atoms with van der Waals surface area (Å²) in [6.45, 7) is 7.75. The maximum atomic E-state index is 5.40. The molecule has 15 heavy (non-hydrogen) atoms. The Morgan fingerprint density at radius 3 is 2.87 bits per heavy atom. The second-order valence-corrected chi connectivity index (χ2v) is 3.29. The quantitative estimate of drug-likeness (QED) is 0.614. The zero-order valence-electron chi connectivity index (χ0n) is 10.2. The molecule has 1 aliphatic rings. The third-order valence-electron chi connectivity index (χ3n) is 2.07. The Bertz CT molecular complexity index is 157. The maximum Gasteiger partial charge on any atom is 0.191 e. The van der Waals surface area contributed by atoms with Crippen molar-refractivity contribution >= 4 is 5.96 Å². The van der Waals surface area contributed by atoms with E-state index in [-0.39, 0.29) is 0 Å².